The van der Waals surface area contributed by atoms with Crippen molar-refractivity contribution in [3.05, 3.63) is 72.1 Å². The summed E-state index contributed by atoms with van der Waals surface area (Å²) in [5.41, 5.74) is 1.80. The maximum Gasteiger partial charge on any atom is 0.192 e. The van der Waals surface area contributed by atoms with Crippen LogP contribution in [0.5, 0.6) is 5.75 Å². The minimum Gasteiger partial charge on any atom is -0.490 e. The minimum atomic E-state index is -0.338. The highest BCUT2D eigenvalue weighted by atomic mass is 19.1. The van der Waals surface area contributed by atoms with Gasteiger partial charge in [-0.25, -0.2) is 9.38 Å². The van der Waals surface area contributed by atoms with Gasteiger partial charge in [0.05, 0.1) is 12.6 Å². The number of ether oxygens (including phenoxy) is 1. The van der Waals surface area contributed by atoms with Crippen molar-refractivity contribution in [2.45, 2.75) is 39.3 Å². The molecule has 1 unspecified atom stereocenters. The van der Waals surface area contributed by atoms with Crippen LogP contribution in [0, 0.1) is 11.7 Å². The minimum absolute atomic E-state index is 0.147. The molecule has 0 aliphatic heterocycles. The van der Waals surface area contributed by atoms with Crippen molar-refractivity contribution < 1.29 is 9.13 Å². The van der Waals surface area contributed by atoms with Gasteiger partial charge in [0.25, 0.3) is 0 Å². The predicted octanol–water partition coefficient (Wildman–Crippen LogP) is 4.01. The van der Waals surface area contributed by atoms with Crippen LogP contribution in [0.15, 0.2) is 59.9 Å². The molecule has 1 saturated carbocycles. The Labute approximate surface area is 187 Å². The van der Waals surface area contributed by atoms with Crippen LogP contribution in [-0.2, 0) is 6.54 Å². The lowest BCUT2D eigenvalue weighted by Crippen LogP contribution is -2.38. The SMILES string of the molecule is CCNC(=NCc1nncn1-c1ccccc1)NC(C)c1ccc(OCC2CC2)c(F)c1. The molecule has 0 bridgehead atoms. The van der Waals surface area contributed by atoms with Crippen LogP contribution in [0.1, 0.15) is 44.1 Å². The van der Waals surface area contributed by atoms with Gasteiger partial charge in [-0.1, -0.05) is 24.3 Å². The molecule has 0 spiro atoms. The van der Waals surface area contributed by atoms with Crippen LogP contribution < -0.4 is 15.4 Å². The summed E-state index contributed by atoms with van der Waals surface area (Å²) in [5.74, 6) is 1.91. The maximum atomic E-state index is 14.5. The summed E-state index contributed by atoms with van der Waals surface area (Å²) in [7, 11) is 0. The summed E-state index contributed by atoms with van der Waals surface area (Å²) in [6, 6.07) is 14.9. The largest absolute Gasteiger partial charge is 0.490 e. The van der Waals surface area contributed by atoms with Gasteiger partial charge in [-0.05, 0) is 62.4 Å². The molecule has 7 nitrogen and oxygen atoms in total. The number of hydrogen-bond acceptors (Lipinski definition) is 4. The van der Waals surface area contributed by atoms with Gasteiger partial charge in [-0.3, -0.25) is 4.57 Å². The van der Waals surface area contributed by atoms with Gasteiger partial charge in [0.15, 0.2) is 23.4 Å². The molecule has 0 amide bonds. The molecule has 168 valence electrons. The number of nitrogens with one attached hydrogen (secondary N) is 2. The Kier molecular flexibility index (Phi) is 6.99. The van der Waals surface area contributed by atoms with Crippen molar-refractivity contribution in [1.82, 2.24) is 25.4 Å². The van der Waals surface area contributed by atoms with Crippen molar-refractivity contribution in [3.63, 3.8) is 0 Å². The average molecular weight is 437 g/mol. The van der Waals surface area contributed by atoms with E-state index in [1.165, 1.54) is 18.9 Å². The molecule has 1 heterocycles. The van der Waals surface area contributed by atoms with E-state index in [4.69, 9.17) is 4.74 Å². The third-order valence-electron chi connectivity index (χ3n) is 5.36. The molecule has 8 heteroatoms. The second-order valence-electron chi connectivity index (χ2n) is 7.96. The topological polar surface area (TPSA) is 76.4 Å². The van der Waals surface area contributed by atoms with E-state index in [1.54, 1.807) is 12.4 Å². The second kappa shape index (κ2) is 10.3. The third-order valence-corrected chi connectivity index (χ3v) is 5.36. The predicted molar refractivity (Wildman–Crippen MR) is 122 cm³/mol. The third kappa shape index (κ3) is 5.63. The summed E-state index contributed by atoms with van der Waals surface area (Å²) in [6.45, 7) is 5.61. The molecule has 4 rings (SSSR count). The summed E-state index contributed by atoms with van der Waals surface area (Å²) in [6.07, 6.45) is 4.03. The molecule has 0 saturated heterocycles. The molecule has 1 fully saturated rings. The number of guanidine groups is 1. The fraction of sp³-hybridized carbons (Fsp3) is 0.375. The number of benzene rings is 2. The Morgan fingerprint density at radius 2 is 2.06 bits per heavy atom. The van der Waals surface area contributed by atoms with Gasteiger partial charge in [-0.2, -0.15) is 0 Å². The Morgan fingerprint density at radius 3 is 2.78 bits per heavy atom. The van der Waals surface area contributed by atoms with Gasteiger partial charge in [-0.15, -0.1) is 10.2 Å². The summed E-state index contributed by atoms with van der Waals surface area (Å²) in [4.78, 5) is 4.66. The number of hydrogen-bond donors (Lipinski definition) is 2. The van der Waals surface area contributed by atoms with Crippen molar-refractivity contribution in [2.24, 2.45) is 10.9 Å². The first-order valence-corrected chi connectivity index (χ1v) is 11.1. The van der Waals surface area contributed by atoms with Gasteiger partial charge in [0.1, 0.15) is 12.9 Å². The van der Waals surface area contributed by atoms with Crippen LogP contribution in [0.4, 0.5) is 4.39 Å². The lowest BCUT2D eigenvalue weighted by molar-refractivity contribution is 0.285. The highest BCUT2D eigenvalue weighted by Gasteiger charge is 2.22. The monoisotopic (exact) mass is 436 g/mol. The van der Waals surface area contributed by atoms with E-state index in [-0.39, 0.29) is 11.9 Å². The summed E-state index contributed by atoms with van der Waals surface area (Å²) < 4.78 is 22.0. The standard InChI is InChI=1S/C24H29FN6O/c1-3-26-24(27-14-23-30-28-16-31(23)20-7-5-4-6-8-20)29-17(2)19-11-12-22(21(25)13-19)32-15-18-9-10-18/h4-8,11-13,16-18H,3,9-10,14-15H2,1-2H3,(H2,26,27,29). The molecular formula is C24H29FN6O. The van der Waals surface area contributed by atoms with E-state index in [0.29, 0.717) is 37.3 Å². The zero-order chi connectivity index (χ0) is 22.3. The van der Waals surface area contributed by atoms with Crippen LogP contribution in [0.3, 0.4) is 0 Å². The Morgan fingerprint density at radius 1 is 1.25 bits per heavy atom. The molecule has 1 atom stereocenters. The maximum absolute atomic E-state index is 14.5. The fourth-order valence-corrected chi connectivity index (χ4v) is 3.32. The smallest absolute Gasteiger partial charge is 0.192 e. The van der Waals surface area contributed by atoms with Crippen LogP contribution in [0.25, 0.3) is 5.69 Å². The van der Waals surface area contributed by atoms with Crippen molar-refractivity contribution in [2.75, 3.05) is 13.2 Å². The first-order chi connectivity index (χ1) is 15.6. The Balaban J connectivity index is 1.42. The molecule has 2 N–H and O–H groups in total. The molecule has 2 aromatic carbocycles. The fourth-order valence-electron chi connectivity index (χ4n) is 3.32. The number of aliphatic imine (C=N–C) groups is 1. The quantitative estimate of drug-likeness (QED) is 0.392. The molecule has 3 aromatic rings. The highest BCUT2D eigenvalue weighted by Crippen LogP contribution is 2.30. The number of nitrogens with zero attached hydrogens (tertiary/aromatic N) is 4. The van der Waals surface area contributed by atoms with E-state index in [2.05, 4.69) is 25.8 Å². The van der Waals surface area contributed by atoms with Crippen molar-refractivity contribution in [3.8, 4) is 11.4 Å². The molecule has 0 radical (unpaired) electrons. The summed E-state index contributed by atoms with van der Waals surface area (Å²) >= 11 is 0. The number of halogens is 1. The zero-order valence-corrected chi connectivity index (χ0v) is 18.5. The molecule has 32 heavy (non-hydrogen) atoms. The number of rotatable bonds is 9. The van der Waals surface area contributed by atoms with Crippen LogP contribution >= 0.6 is 0 Å². The lowest BCUT2D eigenvalue weighted by atomic mass is 10.1. The molecule has 1 aromatic heterocycles. The van der Waals surface area contributed by atoms with Gasteiger partial charge >= 0.3 is 0 Å². The molecular weight excluding hydrogens is 407 g/mol. The van der Waals surface area contributed by atoms with E-state index < -0.39 is 0 Å². The van der Waals surface area contributed by atoms with Gasteiger partial charge in [0, 0.05) is 12.2 Å². The van der Waals surface area contributed by atoms with E-state index in [1.807, 2.05) is 54.8 Å². The first-order valence-electron chi connectivity index (χ1n) is 11.1. The molecule has 1 aliphatic rings. The highest BCUT2D eigenvalue weighted by molar-refractivity contribution is 5.80. The van der Waals surface area contributed by atoms with Gasteiger partial charge in [0.2, 0.25) is 0 Å². The molecule has 1 aliphatic carbocycles. The van der Waals surface area contributed by atoms with Crippen molar-refractivity contribution >= 4 is 5.96 Å². The van der Waals surface area contributed by atoms with E-state index >= 15 is 0 Å². The van der Waals surface area contributed by atoms with Gasteiger partial charge < -0.3 is 15.4 Å². The van der Waals surface area contributed by atoms with Crippen molar-refractivity contribution in [1.29, 1.82) is 0 Å². The number of para-hydroxylation sites is 1. The summed E-state index contributed by atoms with van der Waals surface area (Å²) in [5, 5.41) is 14.8. The normalized spacial score (nSPS) is 14.8. The first kappa shape index (κ1) is 21.8. The number of aromatic nitrogens is 3. The Bertz CT molecular complexity index is 1050. The zero-order valence-electron chi connectivity index (χ0n) is 18.5. The Hall–Kier alpha value is -3.42. The van der Waals surface area contributed by atoms with E-state index in [0.717, 1.165) is 17.1 Å². The average Bonchev–Trinajstić information content (AvgIpc) is 3.52. The lowest BCUT2D eigenvalue weighted by Gasteiger charge is -2.19. The second-order valence-corrected chi connectivity index (χ2v) is 7.96. The van der Waals surface area contributed by atoms with E-state index in [9.17, 15) is 4.39 Å². The van der Waals surface area contributed by atoms with Crippen LogP contribution in [-0.4, -0.2) is 33.9 Å². The van der Waals surface area contributed by atoms with Crippen LogP contribution in [0.2, 0.25) is 0 Å².